The van der Waals surface area contributed by atoms with Crippen LogP contribution < -0.4 is 0 Å². The fourth-order valence-electron chi connectivity index (χ4n) is 6.25. The van der Waals surface area contributed by atoms with Crippen molar-refractivity contribution in [1.29, 1.82) is 0 Å². The molecule has 0 rings (SSSR count). The van der Waals surface area contributed by atoms with Crippen LogP contribution in [0.15, 0.2) is 24.3 Å². The predicted molar refractivity (Wildman–Crippen MR) is 219 cm³/mol. The number of allylic oxidation sites excluding steroid dienone is 4. The molecular formula is C46H84O6. The van der Waals surface area contributed by atoms with Gasteiger partial charge in [0.25, 0.3) is 0 Å². The van der Waals surface area contributed by atoms with E-state index in [2.05, 4.69) is 45.1 Å². The lowest BCUT2D eigenvalue weighted by Gasteiger charge is -2.18. The van der Waals surface area contributed by atoms with Crippen LogP contribution in [-0.2, 0) is 28.6 Å². The first kappa shape index (κ1) is 49.9. The van der Waals surface area contributed by atoms with Gasteiger partial charge in [-0.2, -0.15) is 0 Å². The standard InChI is InChI=1S/C46H84O6/c1-4-7-10-13-15-17-19-21-23-25-27-29-31-33-36-38-44(47)50-41-43(52-46(49)40-35-12-9-6-3)42-51-45(48)39-37-34-32-30-28-26-24-22-20-18-16-14-11-8-5-2/h21-24,43H,4-20,25-42H2,1-3H3/b23-21-,24-22-. The molecule has 0 heterocycles. The van der Waals surface area contributed by atoms with E-state index in [1.165, 1.54) is 116 Å². The molecule has 0 radical (unpaired) electrons. The Labute approximate surface area is 322 Å². The quantitative estimate of drug-likeness (QED) is 0.0270. The first-order valence-corrected chi connectivity index (χ1v) is 22.3. The predicted octanol–water partition coefficient (Wildman–Crippen LogP) is 14.0. The highest BCUT2D eigenvalue weighted by atomic mass is 16.6. The third-order valence-electron chi connectivity index (χ3n) is 9.68. The number of hydrogen-bond acceptors (Lipinski definition) is 6. The number of unbranched alkanes of at least 4 members (excludes halogenated alkanes) is 25. The lowest BCUT2D eigenvalue weighted by atomic mass is 10.1. The smallest absolute Gasteiger partial charge is 0.306 e. The molecule has 0 fully saturated rings. The Morgan fingerprint density at radius 3 is 0.981 bits per heavy atom. The first-order chi connectivity index (χ1) is 25.5. The van der Waals surface area contributed by atoms with Crippen LogP contribution in [-0.4, -0.2) is 37.2 Å². The van der Waals surface area contributed by atoms with Crippen LogP contribution in [0.3, 0.4) is 0 Å². The molecule has 0 aliphatic carbocycles. The fraction of sp³-hybridized carbons (Fsp3) is 0.848. The van der Waals surface area contributed by atoms with Crippen LogP contribution >= 0.6 is 0 Å². The second kappa shape index (κ2) is 41.6. The maximum atomic E-state index is 12.5. The molecule has 6 nitrogen and oxygen atoms in total. The van der Waals surface area contributed by atoms with Crippen LogP contribution in [0, 0.1) is 0 Å². The van der Waals surface area contributed by atoms with E-state index in [1.54, 1.807) is 0 Å². The Balaban J connectivity index is 4.14. The minimum Gasteiger partial charge on any atom is -0.462 e. The van der Waals surface area contributed by atoms with Crippen molar-refractivity contribution in [3.8, 4) is 0 Å². The molecule has 304 valence electrons. The molecule has 0 aliphatic rings. The maximum absolute atomic E-state index is 12.5. The molecular weight excluding hydrogens is 649 g/mol. The second-order valence-electron chi connectivity index (χ2n) is 15.0. The fourth-order valence-corrected chi connectivity index (χ4v) is 6.25. The summed E-state index contributed by atoms with van der Waals surface area (Å²) in [4.78, 5) is 37.3. The maximum Gasteiger partial charge on any atom is 0.306 e. The van der Waals surface area contributed by atoms with Gasteiger partial charge in [0.2, 0.25) is 0 Å². The average molecular weight is 733 g/mol. The van der Waals surface area contributed by atoms with Crippen molar-refractivity contribution in [3.05, 3.63) is 24.3 Å². The van der Waals surface area contributed by atoms with Gasteiger partial charge in [0.05, 0.1) is 0 Å². The summed E-state index contributed by atoms with van der Waals surface area (Å²) >= 11 is 0. The number of carbonyl (C=O) groups excluding carboxylic acids is 3. The monoisotopic (exact) mass is 733 g/mol. The summed E-state index contributed by atoms with van der Waals surface area (Å²) in [6.45, 7) is 6.49. The summed E-state index contributed by atoms with van der Waals surface area (Å²) in [6, 6.07) is 0. The van der Waals surface area contributed by atoms with E-state index in [0.717, 1.165) is 77.0 Å². The second-order valence-corrected chi connectivity index (χ2v) is 15.0. The van der Waals surface area contributed by atoms with E-state index in [0.29, 0.717) is 19.3 Å². The number of carbonyl (C=O) groups is 3. The number of rotatable bonds is 40. The van der Waals surface area contributed by atoms with E-state index in [9.17, 15) is 14.4 Å². The molecule has 0 aliphatic heterocycles. The summed E-state index contributed by atoms with van der Waals surface area (Å²) < 4.78 is 16.5. The Bertz CT molecular complexity index is 794. The van der Waals surface area contributed by atoms with Gasteiger partial charge in [0.15, 0.2) is 6.10 Å². The lowest BCUT2D eigenvalue weighted by Crippen LogP contribution is -2.30. The topological polar surface area (TPSA) is 78.9 Å². The van der Waals surface area contributed by atoms with Crippen LogP contribution in [0.4, 0.5) is 0 Å². The summed E-state index contributed by atoms with van der Waals surface area (Å²) in [5, 5.41) is 0. The van der Waals surface area contributed by atoms with Crippen molar-refractivity contribution in [1.82, 2.24) is 0 Å². The molecule has 0 spiro atoms. The van der Waals surface area contributed by atoms with Gasteiger partial charge in [-0.05, 0) is 70.6 Å². The zero-order chi connectivity index (χ0) is 38.0. The van der Waals surface area contributed by atoms with Crippen molar-refractivity contribution in [2.45, 2.75) is 239 Å². The summed E-state index contributed by atoms with van der Waals surface area (Å²) in [6.07, 6.45) is 44.9. The zero-order valence-corrected chi connectivity index (χ0v) is 34.6. The molecule has 0 atom stereocenters. The van der Waals surface area contributed by atoms with Gasteiger partial charge in [-0.15, -0.1) is 0 Å². The van der Waals surface area contributed by atoms with Crippen molar-refractivity contribution in [2.24, 2.45) is 0 Å². The highest BCUT2D eigenvalue weighted by Crippen LogP contribution is 2.13. The van der Waals surface area contributed by atoms with Crippen LogP contribution in [0.5, 0.6) is 0 Å². The van der Waals surface area contributed by atoms with Gasteiger partial charge in [-0.3, -0.25) is 14.4 Å². The van der Waals surface area contributed by atoms with Crippen molar-refractivity contribution in [3.63, 3.8) is 0 Å². The molecule has 0 aromatic carbocycles. The number of esters is 3. The third kappa shape index (κ3) is 39.1. The molecule has 0 bridgehead atoms. The van der Waals surface area contributed by atoms with E-state index in [1.807, 2.05) is 0 Å². The summed E-state index contributed by atoms with van der Waals surface area (Å²) in [5.41, 5.74) is 0. The molecule has 0 amide bonds. The molecule has 52 heavy (non-hydrogen) atoms. The van der Waals surface area contributed by atoms with E-state index < -0.39 is 6.10 Å². The Hall–Kier alpha value is -2.11. The molecule has 0 saturated carbocycles. The highest BCUT2D eigenvalue weighted by Gasteiger charge is 2.19. The third-order valence-corrected chi connectivity index (χ3v) is 9.68. The largest absolute Gasteiger partial charge is 0.462 e. The van der Waals surface area contributed by atoms with E-state index in [-0.39, 0.29) is 31.1 Å². The van der Waals surface area contributed by atoms with Crippen molar-refractivity contribution in [2.75, 3.05) is 13.2 Å². The van der Waals surface area contributed by atoms with Gasteiger partial charge >= 0.3 is 17.9 Å². The van der Waals surface area contributed by atoms with Crippen molar-refractivity contribution < 1.29 is 28.6 Å². The van der Waals surface area contributed by atoms with Gasteiger partial charge in [0.1, 0.15) is 13.2 Å². The molecule has 6 heteroatoms. The SMILES string of the molecule is CCCCCCCC/C=C\CCCCCCCC(=O)OCC(COC(=O)CCCCCCC/C=C\CCCCCCCC)OC(=O)CCCCCC. The number of ether oxygens (including phenoxy) is 3. The number of hydrogen-bond donors (Lipinski definition) is 0. The molecule has 0 N–H and O–H groups in total. The first-order valence-electron chi connectivity index (χ1n) is 22.3. The Kier molecular flexibility index (Phi) is 40.0. The normalized spacial score (nSPS) is 11.6. The van der Waals surface area contributed by atoms with Crippen molar-refractivity contribution >= 4 is 17.9 Å². The van der Waals surface area contributed by atoms with Crippen LogP contribution in [0.25, 0.3) is 0 Å². The molecule has 0 saturated heterocycles. The van der Waals surface area contributed by atoms with Gasteiger partial charge < -0.3 is 14.2 Å². The van der Waals surface area contributed by atoms with E-state index in [4.69, 9.17) is 14.2 Å². The van der Waals surface area contributed by atoms with Gasteiger partial charge in [-0.25, -0.2) is 0 Å². The van der Waals surface area contributed by atoms with Crippen LogP contribution in [0.2, 0.25) is 0 Å². The average Bonchev–Trinajstić information content (AvgIpc) is 3.14. The minimum absolute atomic E-state index is 0.0781. The lowest BCUT2D eigenvalue weighted by molar-refractivity contribution is -0.167. The Morgan fingerprint density at radius 1 is 0.365 bits per heavy atom. The molecule has 0 aromatic rings. The van der Waals surface area contributed by atoms with Gasteiger partial charge in [-0.1, -0.05) is 167 Å². The van der Waals surface area contributed by atoms with Gasteiger partial charge in [0, 0.05) is 19.3 Å². The summed E-state index contributed by atoms with van der Waals surface area (Å²) in [7, 11) is 0. The summed E-state index contributed by atoms with van der Waals surface area (Å²) in [5.74, 6) is -0.912. The van der Waals surface area contributed by atoms with Crippen LogP contribution in [0.1, 0.15) is 233 Å². The van der Waals surface area contributed by atoms with E-state index >= 15 is 0 Å². The Morgan fingerprint density at radius 2 is 0.635 bits per heavy atom. The minimum atomic E-state index is -0.769. The molecule has 0 aromatic heterocycles. The zero-order valence-electron chi connectivity index (χ0n) is 34.6. The molecule has 0 unspecified atom stereocenters. The highest BCUT2D eigenvalue weighted by molar-refractivity contribution is 5.71.